The second-order valence-corrected chi connectivity index (χ2v) is 7.14. The van der Waals surface area contributed by atoms with Crippen molar-refractivity contribution >= 4 is 17.7 Å². The summed E-state index contributed by atoms with van der Waals surface area (Å²) in [6, 6.07) is 7.62. The van der Waals surface area contributed by atoms with E-state index in [1.54, 1.807) is 11.8 Å². The number of benzene rings is 1. The molecular formula is C16H23N5O2S. The van der Waals surface area contributed by atoms with Crippen molar-refractivity contribution in [1.29, 1.82) is 0 Å². The van der Waals surface area contributed by atoms with Crippen LogP contribution in [0.2, 0.25) is 0 Å². The van der Waals surface area contributed by atoms with Gasteiger partial charge in [0.2, 0.25) is 11.1 Å². The Labute approximate surface area is 146 Å². The summed E-state index contributed by atoms with van der Waals surface area (Å²) in [5, 5.41) is 15.0. The predicted molar refractivity (Wildman–Crippen MR) is 92.8 cm³/mol. The van der Waals surface area contributed by atoms with Crippen molar-refractivity contribution in [1.82, 2.24) is 25.5 Å². The molecule has 0 spiro atoms. The lowest BCUT2D eigenvalue weighted by molar-refractivity contribution is -0.120. The van der Waals surface area contributed by atoms with Gasteiger partial charge < -0.3 is 10.1 Å². The summed E-state index contributed by atoms with van der Waals surface area (Å²) >= 11 is 1.36. The lowest BCUT2D eigenvalue weighted by atomic mass is 10.2. The van der Waals surface area contributed by atoms with E-state index < -0.39 is 0 Å². The molecule has 0 saturated heterocycles. The molecular weight excluding hydrogens is 326 g/mol. The standard InChI is InChI=1S/C16H23N5O2S/c1-11(2)10-21-16(18-19-20-21)24-12(3)15(22)17-9-13-7-5-6-8-14(13)23-4/h5-8,11-12H,9-10H2,1-4H3,(H,17,22)/t12-/m1/s1. The number of hydrogen-bond acceptors (Lipinski definition) is 6. The normalized spacial score (nSPS) is 12.2. The Morgan fingerprint density at radius 3 is 2.79 bits per heavy atom. The first kappa shape index (κ1) is 18.3. The average Bonchev–Trinajstić information content (AvgIpc) is 2.98. The van der Waals surface area contributed by atoms with Crippen molar-refractivity contribution in [3.8, 4) is 5.75 Å². The molecule has 2 rings (SSSR count). The van der Waals surface area contributed by atoms with E-state index in [-0.39, 0.29) is 11.2 Å². The summed E-state index contributed by atoms with van der Waals surface area (Å²) in [5.74, 6) is 1.13. The third kappa shape index (κ3) is 4.95. The summed E-state index contributed by atoms with van der Waals surface area (Å²) in [6.07, 6.45) is 0. The maximum atomic E-state index is 12.3. The highest BCUT2D eigenvalue weighted by Crippen LogP contribution is 2.21. The number of carbonyl (C=O) groups excluding carboxylic acids is 1. The molecule has 2 aromatic rings. The maximum absolute atomic E-state index is 12.3. The molecule has 130 valence electrons. The van der Waals surface area contributed by atoms with Gasteiger partial charge >= 0.3 is 0 Å². The van der Waals surface area contributed by atoms with Gasteiger partial charge in [0, 0.05) is 18.7 Å². The number of rotatable bonds is 8. The van der Waals surface area contributed by atoms with Crippen LogP contribution < -0.4 is 10.1 Å². The third-order valence-electron chi connectivity index (χ3n) is 3.33. The number of amides is 1. The average molecular weight is 349 g/mol. The Hall–Kier alpha value is -2.09. The summed E-state index contributed by atoms with van der Waals surface area (Å²) in [4.78, 5) is 12.3. The second-order valence-electron chi connectivity index (χ2n) is 5.83. The van der Waals surface area contributed by atoms with Gasteiger partial charge in [-0.05, 0) is 29.3 Å². The highest BCUT2D eigenvalue weighted by Gasteiger charge is 2.19. The van der Waals surface area contributed by atoms with Gasteiger partial charge in [0.25, 0.3) is 0 Å². The van der Waals surface area contributed by atoms with E-state index in [1.165, 1.54) is 11.8 Å². The maximum Gasteiger partial charge on any atom is 0.233 e. The fraction of sp³-hybridized carbons (Fsp3) is 0.500. The number of tetrazole rings is 1. The first-order valence-corrected chi connectivity index (χ1v) is 8.71. The lowest BCUT2D eigenvalue weighted by Crippen LogP contribution is -2.30. The Balaban J connectivity index is 1.92. The number of thioether (sulfide) groups is 1. The van der Waals surface area contributed by atoms with Crippen LogP contribution >= 0.6 is 11.8 Å². The minimum Gasteiger partial charge on any atom is -0.496 e. The summed E-state index contributed by atoms with van der Waals surface area (Å²) in [7, 11) is 1.62. The van der Waals surface area contributed by atoms with Crippen molar-refractivity contribution in [3.63, 3.8) is 0 Å². The number of para-hydroxylation sites is 1. The van der Waals surface area contributed by atoms with Crippen LogP contribution in [0.5, 0.6) is 5.75 Å². The highest BCUT2D eigenvalue weighted by atomic mass is 32.2. The van der Waals surface area contributed by atoms with Crippen molar-refractivity contribution in [2.75, 3.05) is 7.11 Å². The molecule has 0 aliphatic carbocycles. The molecule has 24 heavy (non-hydrogen) atoms. The zero-order valence-corrected chi connectivity index (χ0v) is 15.2. The highest BCUT2D eigenvalue weighted by molar-refractivity contribution is 8.00. The molecule has 1 atom stereocenters. The number of hydrogen-bond donors (Lipinski definition) is 1. The van der Waals surface area contributed by atoms with Gasteiger partial charge in [0.1, 0.15) is 5.75 Å². The first-order chi connectivity index (χ1) is 11.5. The fourth-order valence-corrected chi connectivity index (χ4v) is 2.95. The summed E-state index contributed by atoms with van der Waals surface area (Å²) < 4.78 is 7.03. The number of aromatic nitrogens is 4. The first-order valence-electron chi connectivity index (χ1n) is 7.83. The Kier molecular flexibility index (Phi) is 6.60. The SMILES string of the molecule is COc1ccccc1CNC(=O)[C@@H](C)Sc1nnnn1CC(C)C. The van der Waals surface area contributed by atoms with Crippen LogP contribution in [0.15, 0.2) is 29.4 Å². The van der Waals surface area contributed by atoms with Crippen LogP contribution in [0.25, 0.3) is 0 Å². The van der Waals surface area contributed by atoms with E-state index in [9.17, 15) is 4.79 Å². The van der Waals surface area contributed by atoms with Crippen molar-refractivity contribution in [3.05, 3.63) is 29.8 Å². The van der Waals surface area contributed by atoms with Crippen LogP contribution in [0.3, 0.4) is 0 Å². The van der Waals surface area contributed by atoms with Crippen LogP contribution in [-0.2, 0) is 17.9 Å². The van der Waals surface area contributed by atoms with Gasteiger partial charge in [-0.1, -0.05) is 43.8 Å². The minimum absolute atomic E-state index is 0.0648. The van der Waals surface area contributed by atoms with Gasteiger partial charge in [-0.15, -0.1) is 5.10 Å². The van der Waals surface area contributed by atoms with Gasteiger partial charge in [-0.3, -0.25) is 4.79 Å². The number of nitrogens with zero attached hydrogens (tertiary/aromatic N) is 4. The molecule has 1 amide bonds. The zero-order chi connectivity index (χ0) is 17.5. The lowest BCUT2D eigenvalue weighted by Gasteiger charge is -2.13. The quantitative estimate of drug-likeness (QED) is 0.735. The predicted octanol–water partition coefficient (Wildman–Crippen LogP) is 2.13. The largest absolute Gasteiger partial charge is 0.496 e. The Morgan fingerprint density at radius 2 is 2.08 bits per heavy atom. The fourth-order valence-electron chi connectivity index (χ4n) is 2.13. The molecule has 1 aromatic carbocycles. The van der Waals surface area contributed by atoms with E-state index in [2.05, 4.69) is 34.7 Å². The molecule has 0 radical (unpaired) electrons. The zero-order valence-electron chi connectivity index (χ0n) is 14.4. The number of ether oxygens (including phenoxy) is 1. The molecule has 0 aliphatic rings. The minimum atomic E-state index is -0.295. The molecule has 7 nitrogen and oxygen atoms in total. The van der Waals surface area contributed by atoms with E-state index in [0.29, 0.717) is 17.6 Å². The van der Waals surface area contributed by atoms with Crippen LogP contribution in [0, 0.1) is 5.92 Å². The van der Waals surface area contributed by atoms with E-state index in [1.807, 2.05) is 31.2 Å². The number of carbonyl (C=O) groups is 1. The van der Waals surface area contributed by atoms with Crippen molar-refractivity contribution in [2.24, 2.45) is 5.92 Å². The Bertz CT molecular complexity index is 674. The van der Waals surface area contributed by atoms with Crippen LogP contribution in [0.4, 0.5) is 0 Å². The van der Waals surface area contributed by atoms with Crippen LogP contribution in [0.1, 0.15) is 26.3 Å². The molecule has 8 heteroatoms. The number of methoxy groups -OCH3 is 1. The molecule has 0 aliphatic heterocycles. The van der Waals surface area contributed by atoms with Gasteiger partial charge in [-0.25, -0.2) is 4.68 Å². The Morgan fingerprint density at radius 1 is 1.33 bits per heavy atom. The van der Waals surface area contributed by atoms with Crippen molar-refractivity contribution in [2.45, 2.75) is 44.3 Å². The molecule has 0 saturated carbocycles. The van der Waals surface area contributed by atoms with E-state index in [0.717, 1.165) is 17.9 Å². The molecule has 0 bridgehead atoms. The molecule has 0 fully saturated rings. The van der Waals surface area contributed by atoms with E-state index >= 15 is 0 Å². The molecule has 1 N–H and O–H groups in total. The van der Waals surface area contributed by atoms with Crippen LogP contribution in [-0.4, -0.2) is 38.5 Å². The van der Waals surface area contributed by atoms with E-state index in [4.69, 9.17) is 4.74 Å². The molecule has 1 aromatic heterocycles. The smallest absolute Gasteiger partial charge is 0.233 e. The summed E-state index contributed by atoms with van der Waals surface area (Å²) in [6.45, 7) is 7.19. The molecule has 0 unspecified atom stereocenters. The molecule has 1 heterocycles. The monoisotopic (exact) mass is 349 g/mol. The summed E-state index contributed by atoms with van der Waals surface area (Å²) in [5.41, 5.74) is 0.940. The van der Waals surface area contributed by atoms with Gasteiger partial charge in [-0.2, -0.15) is 0 Å². The number of nitrogens with one attached hydrogen (secondary N) is 1. The van der Waals surface area contributed by atoms with Crippen molar-refractivity contribution < 1.29 is 9.53 Å². The topological polar surface area (TPSA) is 81.9 Å². The second kappa shape index (κ2) is 8.68. The van der Waals surface area contributed by atoms with Gasteiger partial charge in [0.05, 0.1) is 12.4 Å². The van der Waals surface area contributed by atoms with Gasteiger partial charge in [0.15, 0.2) is 0 Å². The third-order valence-corrected chi connectivity index (χ3v) is 4.40.